The molecule has 0 unspecified atom stereocenters. The van der Waals surface area contributed by atoms with E-state index in [1.165, 1.54) is 29.5 Å². The van der Waals surface area contributed by atoms with Crippen LogP contribution in [-0.2, 0) is 17.0 Å². The van der Waals surface area contributed by atoms with Crippen LogP contribution in [0.2, 0.25) is 5.02 Å². The van der Waals surface area contributed by atoms with E-state index in [1.54, 1.807) is 12.1 Å². The molecule has 5 nitrogen and oxygen atoms in total. The van der Waals surface area contributed by atoms with Gasteiger partial charge in [-0.25, -0.2) is 0 Å². The lowest BCUT2D eigenvalue weighted by atomic mass is 10.1. The molecule has 0 aliphatic rings. The molecule has 0 aliphatic carbocycles. The summed E-state index contributed by atoms with van der Waals surface area (Å²) in [6.45, 7) is 0.638. The summed E-state index contributed by atoms with van der Waals surface area (Å²) in [6.07, 6.45) is 1.77. The number of nitro groups is 1. The molecule has 25 heavy (non-hydrogen) atoms. The maximum absolute atomic E-state index is 11.8. The van der Waals surface area contributed by atoms with Gasteiger partial charge in [-0.1, -0.05) is 35.9 Å². The number of thioether (sulfide) groups is 1. The van der Waals surface area contributed by atoms with E-state index in [2.05, 4.69) is 5.32 Å². The van der Waals surface area contributed by atoms with Gasteiger partial charge in [0.2, 0.25) is 5.91 Å². The molecule has 0 saturated heterocycles. The quantitative estimate of drug-likeness (QED) is 0.402. The number of non-ortho nitro benzene ring substituents is 1. The largest absolute Gasteiger partial charge is 0.355 e. The summed E-state index contributed by atoms with van der Waals surface area (Å²) < 4.78 is 0. The van der Waals surface area contributed by atoms with E-state index < -0.39 is 4.92 Å². The summed E-state index contributed by atoms with van der Waals surface area (Å²) in [5.74, 6) is 1.02. The maximum Gasteiger partial charge on any atom is 0.269 e. The lowest BCUT2D eigenvalue weighted by Gasteiger charge is -2.06. The maximum atomic E-state index is 11.8. The van der Waals surface area contributed by atoms with Gasteiger partial charge in [0.15, 0.2) is 0 Å². The first-order chi connectivity index (χ1) is 12.0. The Balaban J connectivity index is 1.59. The summed E-state index contributed by atoms with van der Waals surface area (Å²) in [7, 11) is 0. The molecule has 7 heteroatoms. The van der Waals surface area contributed by atoms with Gasteiger partial charge in [0, 0.05) is 29.5 Å². The van der Waals surface area contributed by atoms with Crippen LogP contribution < -0.4 is 5.32 Å². The zero-order valence-electron chi connectivity index (χ0n) is 13.6. The number of nitrogens with one attached hydrogen (secondary N) is 1. The number of amides is 1. The molecule has 0 aliphatic heterocycles. The molecule has 0 aromatic heterocycles. The third kappa shape index (κ3) is 7.15. The molecule has 0 spiro atoms. The van der Waals surface area contributed by atoms with Crippen LogP contribution in [0.15, 0.2) is 48.5 Å². The first-order valence-corrected chi connectivity index (χ1v) is 9.40. The van der Waals surface area contributed by atoms with Crippen LogP contribution in [0.4, 0.5) is 5.69 Å². The Morgan fingerprint density at radius 3 is 2.36 bits per heavy atom. The Labute approximate surface area is 155 Å². The molecule has 2 rings (SSSR count). The normalized spacial score (nSPS) is 10.4. The standard InChI is InChI=1S/C18H19ClN2O3S/c19-16-7-3-14(4-8-16)2-1-11-20-18(22)13-25-12-15-5-9-17(10-6-15)21(23)24/h3-10H,1-2,11-13H2,(H,20,22). The molecule has 1 amide bonds. The van der Waals surface area contributed by atoms with Crippen molar-refractivity contribution in [2.45, 2.75) is 18.6 Å². The average molecular weight is 379 g/mol. The lowest BCUT2D eigenvalue weighted by molar-refractivity contribution is -0.384. The minimum atomic E-state index is -0.422. The number of carbonyl (C=O) groups is 1. The van der Waals surface area contributed by atoms with Crippen LogP contribution in [0.1, 0.15) is 17.5 Å². The molecular weight excluding hydrogens is 360 g/mol. The minimum Gasteiger partial charge on any atom is -0.355 e. The third-order valence-electron chi connectivity index (χ3n) is 3.53. The monoisotopic (exact) mass is 378 g/mol. The Morgan fingerprint density at radius 1 is 1.08 bits per heavy atom. The summed E-state index contributed by atoms with van der Waals surface area (Å²) in [5.41, 5.74) is 2.24. The van der Waals surface area contributed by atoms with Crippen molar-refractivity contribution in [3.05, 3.63) is 74.8 Å². The minimum absolute atomic E-state index is 0.00279. The number of carbonyl (C=O) groups excluding carboxylic acids is 1. The first-order valence-electron chi connectivity index (χ1n) is 7.87. The van der Waals surface area contributed by atoms with Crippen LogP contribution >= 0.6 is 23.4 Å². The van der Waals surface area contributed by atoms with E-state index in [0.29, 0.717) is 18.1 Å². The zero-order chi connectivity index (χ0) is 18.1. The topological polar surface area (TPSA) is 72.2 Å². The van der Waals surface area contributed by atoms with Crippen LogP contribution in [0.5, 0.6) is 0 Å². The number of hydrogen-bond acceptors (Lipinski definition) is 4. The van der Waals surface area contributed by atoms with E-state index in [9.17, 15) is 14.9 Å². The lowest BCUT2D eigenvalue weighted by Crippen LogP contribution is -2.26. The van der Waals surface area contributed by atoms with Gasteiger partial charge in [-0.2, -0.15) is 0 Å². The van der Waals surface area contributed by atoms with Crippen molar-refractivity contribution in [2.24, 2.45) is 0 Å². The SMILES string of the molecule is O=C(CSCc1ccc([N+](=O)[O-])cc1)NCCCc1ccc(Cl)cc1. The second-order valence-corrected chi connectivity index (χ2v) is 6.92. The number of benzene rings is 2. The second kappa shape index (κ2) is 10.1. The molecule has 0 heterocycles. The van der Waals surface area contributed by atoms with E-state index in [1.807, 2.05) is 24.3 Å². The van der Waals surface area contributed by atoms with Gasteiger partial charge >= 0.3 is 0 Å². The second-order valence-electron chi connectivity index (χ2n) is 5.50. The van der Waals surface area contributed by atoms with Crippen molar-refractivity contribution in [3.63, 3.8) is 0 Å². The molecular formula is C18H19ClN2O3S. The van der Waals surface area contributed by atoms with Crippen LogP contribution in [0.3, 0.4) is 0 Å². The summed E-state index contributed by atoms with van der Waals surface area (Å²) >= 11 is 7.33. The summed E-state index contributed by atoms with van der Waals surface area (Å²) in [6, 6.07) is 14.1. The number of rotatable bonds is 9. The molecule has 0 fully saturated rings. The van der Waals surface area contributed by atoms with Gasteiger partial charge in [0.25, 0.3) is 5.69 Å². The Kier molecular flexibility index (Phi) is 7.76. The van der Waals surface area contributed by atoms with Crippen molar-refractivity contribution in [1.82, 2.24) is 5.32 Å². The predicted octanol–water partition coefficient (Wildman–Crippen LogP) is 4.23. The van der Waals surface area contributed by atoms with E-state index in [0.717, 1.165) is 23.4 Å². The number of hydrogen-bond donors (Lipinski definition) is 1. The van der Waals surface area contributed by atoms with Gasteiger partial charge in [-0.15, -0.1) is 11.8 Å². The molecule has 0 bridgehead atoms. The predicted molar refractivity (Wildman–Crippen MR) is 102 cm³/mol. The smallest absolute Gasteiger partial charge is 0.269 e. The highest BCUT2D eigenvalue weighted by molar-refractivity contribution is 7.99. The fourth-order valence-corrected chi connectivity index (χ4v) is 3.14. The van der Waals surface area contributed by atoms with Crippen LogP contribution in [-0.4, -0.2) is 23.1 Å². The van der Waals surface area contributed by atoms with Crippen molar-refractivity contribution in [1.29, 1.82) is 0 Å². The summed E-state index contributed by atoms with van der Waals surface area (Å²) in [5, 5.41) is 14.2. The van der Waals surface area contributed by atoms with Crippen molar-refractivity contribution in [2.75, 3.05) is 12.3 Å². The van der Waals surface area contributed by atoms with Gasteiger partial charge in [0.05, 0.1) is 10.7 Å². The number of aryl methyl sites for hydroxylation is 1. The molecule has 0 saturated carbocycles. The summed E-state index contributed by atoms with van der Waals surface area (Å²) in [4.78, 5) is 22.0. The molecule has 2 aromatic carbocycles. The fourth-order valence-electron chi connectivity index (χ4n) is 2.20. The number of nitrogens with zero attached hydrogens (tertiary/aromatic N) is 1. The highest BCUT2D eigenvalue weighted by Gasteiger charge is 2.05. The van der Waals surface area contributed by atoms with E-state index in [4.69, 9.17) is 11.6 Å². The van der Waals surface area contributed by atoms with Crippen LogP contribution in [0.25, 0.3) is 0 Å². The van der Waals surface area contributed by atoms with Crippen molar-refractivity contribution >= 4 is 35.0 Å². The highest BCUT2D eigenvalue weighted by Crippen LogP contribution is 2.16. The van der Waals surface area contributed by atoms with Gasteiger partial charge in [-0.05, 0) is 36.1 Å². The van der Waals surface area contributed by atoms with Gasteiger partial charge < -0.3 is 5.32 Å². The van der Waals surface area contributed by atoms with Gasteiger partial charge in [0.1, 0.15) is 0 Å². The third-order valence-corrected chi connectivity index (χ3v) is 4.78. The highest BCUT2D eigenvalue weighted by atomic mass is 35.5. The number of nitro benzene ring substituents is 1. The first kappa shape index (κ1) is 19.3. The molecule has 1 N–H and O–H groups in total. The Bertz CT molecular complexity index is 705. The van der Waals surface area contributed by atoms with E-state index in [-0.39, 0.29) is 11.6 Å². The average Bonchev–Trinajstić information content (AvgIpc) is 2.61. The number of halogens is 1. The van der Waals surface area contributed by atoms with Crippen LogP contribution in [0, 0.1) is 10.1 Å². The zero-order valence-corrected chi connectivity index (χ0v) is 15.2. The molecule has 0 radical (unpaired) electrons. The fraction of sp³-hybridized carbons (Fsp3) is 0.278. The molecule has 0 atom stereocenters. The Hall–Kier alpha value is -2.05. The molecule has 2 aromatic rings. The molecule has 132 valence electrons. The Morgan fingerprint density at radius 2 is 1.72 bits per heavy atom. The van der Waals surface area contributed by atoms with E-state index >= 15 is 0 Å². The van der Waals surface area contributed by atoms with Crippen molar-refractivity contribution < 1.29 is 9.72 Å². The van der Waals surface area contributed by atoms with Crippen molar-refractivity contribution in [3.8, 4) is 0 Å². The van der Waals surface area contributed by atoms with Gasteiger partial charge in [-0.3, -0.25) is 14.9 Å².